The number of aliphatic carboxylic acids is 2. The number of alkyl carbamates (subject to hydrolysis) is 1. The number of hydrogen-bond donors (Lipinski definition) is 4. The summed E-state index contributed by atoms with van der Waals surface area (Å²) in [6, 6.07) is 3.06. The van der Waals surface area contributed by atoms with Gasteiger partial charge in [0.1, 0.15) is 11.9 Å². The van der Waals surface area contributed by atoms with Crippen molar-refractivity contribution in [3.05, 3.63) is 33.1 Å². The van der Waals surface area contributed by atoms with E-state index >= 15 is 0 Å². The van der Waals surface area contributed by atoms with Gasteiger partial charge in [-0.1, -0.05) is 13.3 Å². The van der Waals surface area contributed by atoms with Crippen LogP contribution in [0.4, 0.5) is 9.18 Å². The summed E-state index contributed by atoms with van der Waals surface area (Å²) < 4.78 is 19.2. The number of hydrogen-bond acceptors (Lipinski definition) is 5. The van der Waals surface area contributed by atoms with Gasteiger partial charge in [-0.05, 0) is 66.5 Å². The van der Waals surface area contributed by atoms with Crippen molar-refractivity contribution in [3.63, 3.8) is 0 Å². The third-order valence-corrected chi connectivity index (χ3v) is 4.72. The van der Waals surface area contributed by atoms with Crippen molar-refractivity contribution < 1.29 is 38.5 Å². The van der Waals surface area contributed by atoms with Gasteiger partial charge in [0.15, 0.2) is 0 Å². The highest BCUT2D eigenvalue weighted by molar-refractivity contribution is 14.1. The van der Waals surface area contributed by atoms with Crippen molar-refractivity contribution in [2.45, 2.75) is 51.2 Å². The summed E-state index contributed by atoms with van der Waals surface area (Å²) in [4.78, 5) is 46.1. The van der Waals surface area contributed by atoms with Crippen LogP contribution in [-0.2, 0) is 14.3 Å². The molecule has 0 bridgehead atoms. The van der Waals surface area contributed by atoms with Crippen molar-refractivity contribution in [2.24, 2.45) is 0 Å². The predicted octanol–water partition coefficient (Wildman–Crippen LogP) is 2.76. The molecule has 9 nitrogen and oxygen atoms in total. The first-order chi connectivity index (χ1) is 14.1. The number of ether oxygens (including phenoxy) is 1. The van der Waals surface area contributed by atoms with Crippen LogP contribution >= 0.6 is 22.6 Å². The zero-order valence-electron chi connectivity index (χ0n) is 16.3. The smallest absolute Gasteiger partial charge is 0.408 e. The largest absolute Gasteiger partial charge is 0.480 e. The molecule has 1 aromatic rings. The molecule has 4 N–H and O–H groups in total. The number of carbonyl (C=O) groups excluding carboxylic acids is 2. The molecule has 1 rings (SSSR count). The van der Waals surface area contributed by atoms with Crippen molar-refractivity contribution in [2.75, 3.05) is 6.54 Å². The maximum atomic E-state index is 13.8. The van der Waals surface area contributed by atoms with Crippen LogP contribution in [0, 0.1) is 9.39 Å². The van der Waals surface area contributed by atoms with E-state index in [4.69, 9.17) is 9.84 Å². The lowest BCUT2D eigenvalue weighted by Gasteiger charge is -2.17. The Hall–Kier alpha value is -2.44. The standard InChI is InChI=1S/C19H24FIN2O7/c1-2-5-14(17(25)26)23-19(29)30-15(18(27)28)6-3-4-9-22-16(24)12-8-7-11(21)10-13(12)20/h7-8,10,14-15H,2-6,9H2,1H3,(H,22,24)(H,23,29)(H,25,26)(H,27,28)/t14-,15-/m0/s1. The van der Waals surface area contributed by atoms with Crippen molar-refractivity contribution >= 4 is 46.5 Å². The number of carboxylic acids is 2. The van der Waals surface area contributed by atoms with Crippen LogP contribution in [0.3, 0.4) is 0 Å². The Balaban J connectivity index is 2.42. The number of halogens is 2. The van der Waals surface area contributed by atoms with Gasteiger partial charge in [-0.25, -0.2) is 18.8 Å². The van der Waals surface area contributed by atoms with E-state index in [0.29, 0.717) is 22.8 Å². The Morgan fingerprint density at radius 2 is 1.83 bits per heavy atom. The summed E-state index contributed by atoms with van der Waals surface area (Å²) in [6.07, 6.45) is -1.23. The van der Waals surface area contributed by atoms with E-state index in [-0.39, 0.29) is 24.9 Å². The fraction of sp³-hybridized carbons (Fsp3) is 0.474. The molecular formula is C19H24FIN2O7. The average molecular weight is 538 g/mol. The van der Waals surface area contributed by atoms with Gasteiger partial charge in [-0.2, -0.15) is 0 Å². The first-order valence-electron chi connectivity index (χ1n) is 9.31. The quantitative estimate of drug-likeness (QED) is 0.237. The maximum Gasteiger partial charge on any atom is 0.408 e. The van der Waals surface area contributed by atoms with Crippen molar-refractivity contribution in [3.8, 4) is 0 Å². The van der Waals surface area contributed by atoms with Crippen LogP contribution < -0.4 is 10.6 Å². The van der Waals surface area contributed by atoms with E-state index in [9.17, 15) is 28.7 Å². The number of benzene rings is 1. The molecule has 0 fully saturated rings. The van der Waals surface area contributed by atoms with Crippen LogP contribution in [0.25, 0.3) is 0 Å². The third kappa shape index (κ3) is 8.93. The summed E-state index contributed by atoms with van der Waals surface area (Å²) in [6.45, 7) is 1.93. The van der Waals surface area contributed by atoms with Crippen LogP contribution in [0.5, 0.6) is 0 Å². The predicted molar refractivity (Wildman–Crippen MR) is 113 cm³/mol. The molecular weight excluding hydrogens is 514 g/mol. The fourth-order valence-electron chi connectivity index (χ4n) is 2.51. The van der Waals surface area contributed by atoms with E-state index in [1.165, 1.54) is 12.1 Å². The van der Waals surface area contributed by atoms with E-state index in [2.05, 4.69) is 10.6 Å². The second kappa shape index (κ2) is 13.0. The molecule has 0 spiro atoms. The second-order valence-corrected chi connectivity index (χ2v) is 7.68. The summed E-state index contributed by atoms with van der Waals surface area (Å²) in [5.74, 6) is -3.81. The number of carboxylic acid groups (broad SMARTS) is 2. The third-order valence-electron chi connectivity index (χ3n) is 4.05. The van der Waals surface area contributed by atoms with Gasteiger partial charge in [0, 0.05) is 10.1 Å². The lowest BCUT2D eigenvalue weighted by Crippen LogP contribution is -2.43. The molecule has 0 aliphatic carbocycles. The molecule has 0 aliphatic rings. The molecule has 0 saturated carbocycles. The minimum absolute atomic E-state index is 0.0258. The molecule has 30 heavy (non-hydrogen) atoms. The lowest BCUT2D eigenvalue weighted by molar-refractivity contribution is -0.147. The van der Waals surface area contributed by atoms with Gasteiger partial charge in [0.2, 0.25) is 6.10 Å². The molecule has 0 saturated heterocycles. The van der Waals surface area contributed by atoms with Gasteiger partial charge < -0.3 is 25.6 Å². The highest BCUT2D eigenvalue weighted by atomic mass is 127. The summed E-state index contributed by atoms with van der Waals surface area (Å²) >= 11 is 1.93. The molecule has 0 aromatic heterocycles. The summed E-state index contributed by atoms with van der Waals surface area (Å²) in [7, 11) is 0. The second-order valence-electron chi connectivity index (χ2n) is 6.43. The molecule has 1 aromatic carbocycles. The zero-order chi connectivity index (χ0) is 22.7. The van der Waals surface area contributed by atoms with Gasteiger partial charge >= 0.3 is 18.0 Å². The molecule has 0 aliphatic heterocycles. The maximum absolute atomic E-state index is 13.8. The average Bonchev–Trinajstić information content (AvgIpc) is 2.65. The van der Waals surface area contributed by atoms with Gasteiger partial charge in [0.25, 0.3) is 5.91 Å². The van der Waals surface area contributed by atoms with E-state index in [1.807, 2.05) is 22.6 Å². The van der Waals surface area contributed by atoms with Crippen LogP contribution in [0.2, 0.25) is 0 Å². The minimum atomic E-state index is -1.45. The Morgan fingerprint density at radius 3 is 2.40 bits per heavy atom. The number of rotatable bonds is 12. The van der Waals surface area contributed by atoms with E-state index in [1.54, 1.807) is 13.0 Å². The highest BCUT2D eigenvalue weighted by Crippen LogP contribution is 2.12. The fourth-order valence-corrected chi connectivity index (χ4v) is 2.96. The van der Waals surface area contributed by atoms with E-state index < -0.39 is 41.9 Å². The Morgan fingerprint density at radius 1 is 1.13 bits per heavy atom. The van der Waals surface area contributed by atoms with E-state index in [0.717, 1.165) is 0 Å². The summed E-state index contributed by atoms with van der Waals surface area (Å²) in [5, 5.41) is 22.9. The Kier molecular flexibility index (Phi) is 11.1. The topological polar surface area (TPSA) is 142 Å². The normalized spacial score (nSPS) is 12.5. The van der Waals surface area contributed by atoms with Crippen LogP contribution in [0.1, 0.15) is 49.4 Å². The number of amides is 2. The van der Waals surface area contributed by atoms with Gasteiger partial charge in [0.05, 0.1) is 5.56 Å². The zero-order valence-corrected chi connectivity index (χ0v) is 18.5. The minimum Gasteiger partial charge on any atom is -0.480 e. The summed E-state index contributed by atoms with van der Waals surface area (Å²) in [5.41, 5.74) is -0.0844. The van der Waals surface area contributed by atoms with Crippen molar-refractivity contribution in [1.29, 1.82) is 0 Å². The van der Waals surface area contributed by atoms with Crippen LogP contribution in [-0.4, -0.2) is 52.8 Å². The monoisotopic (exact) mass is 538 g/mol. The molecule has 2 atom stereocenters. The molecule has 2 amide bonds. The Labute approximate surface area is 186 Å². The molecule has 0 heterocycles. The molecule has 0 radical (unpaired) electrons. The van der Waals surface area contributed by atoms with Crippen molar-refractivity contribution in [1.82, 2.24) is 10.6 Å². The highest BCUT2D eigenvalue weighted by Gasteiger charge is 2.25. The molecule has 0 unspecified atom stereocenters. The first-order valence-corrected chi connectivity index (χ1v) is 10.4. The van der Waals surface area contributed by atoms with Gasteiger partial charge in [-0.3, -0.25) is 4.79 Å². The SMILES string of the molecule is CCC[C@H](NC(=O)O[C@@H](CCCCNC(=O)c1ccc(I)cc1F)C(=O)O)C(=O)O. The number of nitrogens with one attached hydrogen (secondary N) is 2. The lowest BCUT2D eigenvalue weighted by atomic mass is 10.1. The molecule has 11 heteroatoms. The Bertz CT molecular complexity index is 775. The first kappa shape index (κ1) is 25.6. The van der Waals surface area contributed by atoms with Gasteiger partial charge in [-0.15, -0.1) is 0 Å². The number of unbranched alkanes of at least 4 members (excludes halogenated alkanes) is 1. The van der Waals surface area contributed by atoms with Crippen LogP contribution in [0.15, 0.2) is 18.2 Å². The molecule has 166 valence electrons. The number of carbonyl (C=O) groups is 4.